The van der Waals surface area contributed by atoms with E-state index in [-0.39, 0.29) is 11.9 Å². The van der Waals surface area contributed by atoms with Crippen LogP contribution in [0.3, 0.4) is 0 Å². The maximum Gasteiger partial charge on any atom is 0.345 e. The van der Waals surface area contributed by atoms with Gasteiger partial charge in [0.1, 0.15) is 11.3 Å². The Bertz CT molecular complexity index is 1290. The highest BCUT2D eigenvalue weighted by Gasteiger charge is 2.31. The van der Waals surface area contributed by atoms with Crippen molar-refractivity contribution < 1.29 is 9.21 Å². The van der Waals surface area contributed by atoms with Gasteiger partial charge in [-0.05, 0) is 56.0 Å². The van der Waals surface area contributed by atoms with Crippen LogP contribution in [-0.2, 0) is 6.54 Å². The second-order valence-electron chi connectivity index (χ2n) is 7.72. The highest BCUT2D eigenvalue weighted by Crippen LogP contribution is 2.33. The van der Waals surface area contributed by atoms with Crippen LogP contribution in [0, 0.1) is 0 Å². The first-order chi connectivity index (χ1) is 14.7. The Labute approximate surface area is 173 Å². The molecule has 6 nitrogen and oxygen atoms in total. The van der Waals surface area contributed by atoms with Gasteiger partial charge < -0.3 is 13.9 Å². The van der Waals surface area contributed by atoms with Crippen LogP contribution in [0.2, 0.25) is 0 Å². The number of pyridine rings is 1. The lowest BCUT2D eigenvalue weighted by atomic mass is 9.96. The van der Waals surface area contributed by atoms with Gasteiger partial charge in [-0.15, -0.1) is 0 Å². The van der Waals surface area contributed by atoms with Crippen molar-refractivity contribution in [2.24, 2.45) is 0 Å². The number of hydrogen-bond acceptors (Lipinski definition) is 4. The zero-order valence-electron chi connectivity index (χ0n) is 16.9. The van der Waals surface area contributed by atoms with Gasteiger partial charge in [0, 0.05) is 30.9 Å². The molecule has 0 spiro atoms. The van der Waals surface area contributed by atoms with Crippen molar-refractivity contribution in [3.05, 3.63) is 76.5 Å². The number of carbonyl (C=O) groups is 1. The normalized spacial score (nSPS) is 17.0. The molecule has 1 aromatic carbocycles. The maximum absolute atomic E-state index is 13.7. The smallest absolute Gasteiger partial charge is 0.345 e. The number of piperidine rings is 1. The molecule has 0 bridgehead atoms. The standard InChI is InChI=1S/C24H23N3O3/c1-2-26-20(14-18-22(26)17-9-3-4-11-21(17)30-24(18)29)23(28)27-13-6-5-10-19(27)16-8-7-12-25-15-16/h3-4,7-9,11-12,14-15,19H,2,5-6,10,13H2,1H3/t19-/m0/s1. The Morgan fingerprint density at radius 2 is 2.03 bits per heavy atom. The van der Waals surface area contributed by atoms with E-state index in [1.807, 2.05) is 52.9 Å². The summed E-state index contributed by atoms with van der Waals surface area (Å²) in [6.07, 6.45) is 6.55. The molecule has 0 unspecified atom stereocenters. The minimum atomic E-state index is -0.410. The number of amides is 1. The van der Waals surface area contributed by atoms with Crippen LogP contribution in [0.4, 0.5) is 0 Å². The van der Waals surface area contributed by atoms with Crippen molar-refractivity contribution >= 4 is 27.8 Å². The van der Waals surface area contributed by atoms with Crippen molar-refractivity contribution in [1.29, 1.82) is 0 Å². The van der Waals surface area contributed by atoms with E-state index in [1.54, 1.807) is 18.3 Å². The van der Waals surface area contributed by atoms with E-state index in [9.17, 15) is 9.59 Å². The molecule has 1 amide bonds. The molecule has 1 atom stereocenters. The first-order valence-corrected chi connectivity index (χ1v) is 10.4. The lowest BCUT2D eigenvalue weighted by molar-refractivity contribution is 0.0600. The molecule has 4 heterocycles. The van der Waals surface area contributed by atoms with E-state index < -0.39 is 5.63 Å². The minimum Gasteiger partial charge on any atom is -0.422 e. The molecule has 5 rings (SSSR count). The largest absolute Gasteiger partial charge is 0.422 e. The fourth-order valence-electron chi connectivity index (χ4n) is 4.65. The van der Waals surface area contributed by atoms with E-state index in [4.69, 9.17) is 4.42 Å². The zero-order chi connectivity index (χ0) is 20.7. The zero-order valence-corrected chi connectivity index (χ0v) is 16.9. The number of aryl methyl sites for hydroxylation is 1. The first kappa shape index (κ1) is 18.6. The number of fused-ring (bicyclic) bond motifs is 3. The number of benzene rings is 1. The Morgan fingerprint density at radius 1 is 1.17 bits per heavy atom. The highest BCUT2D eigenvalue weighted by atomic mass is 16.4. The summed E-state index contributed by atoms with van der Waals surface area (Å²) < 4.78 is 7.45. The monoisotopic (exact) mass is 401 g/mol. The second kappa shape index (κ2) is 7.44. The molecule has 6 heteroatoms. The first-order valence-electron chi connectivity index (χ1n) is 10.4. The SMILES string of the molecule is CCn1c(C(=O)N2CCCC[C@H]2c2cccnc2)cc2c(=O)oc3ccccc3c21. The van der Waals surface area contributed by atoms with E-state index in [2.05, 4.69) is 4.98 Å². The summed E-state index contributed by atoms with van der Waals surface area (Å²) >= 11 is 0. The maximum atomic E-state index is 13.7. The van der Waals surface area contributed by atoms with Gasteiger partial charge in [0.2, 0.25) is 0 Å². The molecular formula is C24H23N3O3. The molecule has 1 aliphatic rings. The van der Waals surface area contributed by atoms with Gasteiger partial charge in [0.05, 0.1) is 16.9 Å². The minimum absolute atomic E-state index is 0.00331. The number of aromatic nitrogens is 2. The fraction of sp³-hybridized carbons (Fsp3) is 0.292. The van der Waals surface area contributed by atoms with Crippen LogP contribution >= 0.6 is 0 Å². The summed E-state index contributed by atoms with van der Waals surface area (Å²) in [7, 11) is 0. The third kappa shape index (κ3) is 2.91. The Kier molecular flexibility index (Phi) is 4.62. The molecule has 1 fully saturated rings. The molecule has 0 N–H and O–H groups in total. The second-order valence-corrected chi connectivity index (χ2v) is 7.72. The number of rotatable bonds is 3. The summed E-state index contributed by atoms with van der Waals surface area (Å²) in [6, 6.07) is 13.1. The van der Waals surface area contributed by atoms with Gasteiger partial charge in [-0.1, -0.05) is 18.2 Å². The average molecular weight is 401 g/mol. The molecule has 0 radical (unpaired) electrons. The van der Waals surface area contributed by atoms with Crippen molar-refractivity contribution in [3.8, 4) is 0 Å². The predicted octanol–water partition coefficient (Wildman–Crippen LogP) is 4.53. The number of carbonyl (C=O) groups excluding carboxylic acids is 1. The van der Waals surface area contributed by atoms with Gasteiger partial charge in [0.25, 0.3) is 5.91 Å². The molecule has 1 aliphatic heterocycles. The number of para-hydroxylation sites is 1. The molecule has 30 heavy (non-hydrogen) atoms. The molecule has 4 aromatic rings. The Hall–Kier alpha value is -3.41. The van der Waals surface area contributed by atoms with Gasteiger partial charge in [-0.25, -0.2) is 4.79 Å². The Morgan fingerprint density at radius 3 is 2.83 bits per heavy atom. The lowest BCUT2D eigenvalue weighted by Crippen LogP contribution is -2.39. The van der Waals surface area contributed by atoms with Crippen LogP contribution in [0.5, 0.6) is 0 Å². The average Bonchev–Trinajstić information content (AvgIpc) is 3.20. The van der Waals surface area contributed by atoms with E-state index >= 15 is 0 Å². The summed E-state index contributed by atoms with van der Waals surface area (Å²) in [5, 5.41) is 1.30. The van der Waals surface area contributed by atoms with Crippen molar-refractivity contribution in [3.63, 3.8) is 0 Å². The van der Waals surface area contributed by atoms with Gasteiger partial charge in [-0.3, -0.25) is 9.78 Å². The van der Waals surface area contributed by atoms with Crippen molar-refractivity contribution in [1.82, 2.24) is 14.5 Å². The van der Waals surface area contributed by atoms with Crippen LogP contribution < -0.4 is 5.63 Å². The molecule has 0 aliphatic carbocycles. The third-order valence-corrected chi connectivity index (χ3v) is 6.03. The number of nitrogens with zero attached hydrogens (tertiary/aromatic N) is 3. The van der Waals surface area contributed by atoms with E-state index in [1.165, 1.54) is 0 Å². The van der Waals surface area contributed by atoms with Crippen LogP contribution in [0.25, 0.3) is 21.9 Å². The summed E-state index contributed by atoms with van der Waals surface area (Å²) in [4.78, 5) is 32.6. The van der Waals surface area contributed by atoms with Crippen molar-refractivity contribution in [2.45, 2.75) is 38.8 Å². The molecular weight excluding hydrogens is 378 g/mol. The van der Waals surface area contributed by atoms with Crippen LogP contribution in [0.15, 0.2) is 64.1 Å². The van der Waals surface area contributed by atoms with Crippen LogP contribution in [0.1, 0.15) is 48.3 Å². The van der Waals surface area contributed by atoms with Gasteiger partial charge in [-0.2, -0.15) is 0 Å². The summed E-state index contributed by atoms with van der Waals surface area (Å²) in [5.41, 5.74) is 2.48. The number of likely N-dealkylation sites (tertiary alicyclic amines) is 1. The number of hydrogen-bond donors (Lipinski definition) is 0. The van der Waals surface area contributed by atoms with Crippen molar-refractivity contribution in [2.75, 3.05) is 6.54 Å². The molecule has 0 saturated carbocycles. The lowest BCUT2D eigenvalue weighted by Gasteiger charge is -2.36. The quantitative estimate of drug-likeness (QED) is 0.473. The van der Waals surface area contributed by atoms with Gasteiger partial charge >= 0.3 is 5.63 Å². The topological polar surface area (TPSA) is 68.3 Å². The van der Waals surface area contributed by atoms with Crippen LogP contribution in [-0.4, -0.2) is 26.9 Å². The molecule has 1 saturated heterocycles. The molecule has 152 valence electrons. The third-order valence-electron chi connectivity index (χ3n) is 6.03. The fourth-order valence-corrected chi connectivity index (χ4v) is 4.65. The highest BCUT2D eigenvalue weighted by molar-refractivity contribution is 6.07. The Balaban J connectivity index is 1.67. The van der Waals surface area contributed by atoms with E-state index in [0.717, 1.165) is 35.7 Å². The van der Waals surface area contributed by atoms with E-state index in [0.29, 0.717) is 29.8 Å². The van der Waals surface area contributed by atoms with Gasteiger partial charge in [0.15, 0.2) is 0 Å². The molecule has 3 aromatic heterocycles. The predicted molar refractivity (Wildman–Crippen MR) is 116 cm³/mol. The summed E-state index contributed by atoms with van der Waals surface area (Å²) in [5.74, 6) is -0.0508. The summed E-state index contributed by atoms with van der Waals surface area (Å²) in [6.45, 7) is 3.27.